The highest BCUT2D eigenvalue weighted by atomic mass is 16.2. The molecule has 0 saturated carbocycles. The number of carbonyl (C=O) groups excluding carboxylic acids is 1. The number of likely N-dealkylation sites (tertiary alicyclic amines) is 1. The Balaban J connectivity index is 1.37. The smallest absolute Gasteiger partial charge is 0.253 e. The van der Waals surface area contributed by atoms with Gasteiger partial charge in [0.05, 0.1) is 0 Å². The third-order valence-corrected chi connectivity index (χ3v) is 5.05. The summed E-state index contributed by atoms with van der Waals surface area (Å²) >= 11 is 0. The highest BCUT2D eigenvalue weighted by molar-refractivity contribution is 5.98. The number of nitrogens with one attached hydrogen (secondary N) is 2. The van der Waals surface area contributed by atoms with Gasteiger partial charge < -0.3 is 20.1 Å². The standard InChI is InChI=1S/C20H24N6O/c1-25(2)19-12-18(22-13-23-19)24-16-6-9-26(10-7-16)20(27)15-4-3-14-5-8-21-17(14)11-15/h3-5,8,11-13,16,21H,6-7,9-10H2,1-2H3,(H,22,23,24). The van der Waals surface area contributed by atoms with Crippen LogP contribution in [-0.2, 0) is 0 Å². The van der Waals surface area contributed by atoms with Gasteiger partial charge in [0.1, 0.15) is 18.0 Å². The zero-order valence-electron chi connectivity index (χ0n) is 15.6. The van der Waals surface area contributed by atoms with Crippen molar-refractivity contribution >= 4 is 28.4 Å². The van der Waals surface area contributed by atoms with E-state index in [0.717, 1.165) is 54.0 Å². The molecule has 140 valence electrons. The van der Waals surface area contributed by atoms with Crippen molar-refractivity contribution in [1.29, 1.82) is 0 Å². The van der Waals surface area contributed by atoms with E-state index < -0.39 is 0 Å². The first-order valence-corrected chi connectivity index (χ1v) is 9.22. The van der Waals surface area contributed by atoms with Crippen molar-refractivity contribution in [3.63, 3.8) is 0 Å². The topological polar surface area (TPSA) is 77.1 Å². The quantitative estimate of drug-likeness (QED) is 0.744. The normalized spacial score (nSPS) is 15.1. The average molecular weight is 364 g/mol. The van der Waals surface area contributed by atoms with E-state index in [-0.39, 0.29) is 5.91 Å². The zero-order chi connectivity index (χ0) is 18.8. The van der Waals surface area contributed by atoms with Crippen molar-refractivity contribution in [2.75, 3.05) is 37.4 Å². The van der Waals surface area contributed by atoms with Gasteiger partial charge in [-0.2, -0.15) is 0 Å². The molecule has 1 aliphatic heterocycles. The molecule has 1 aromatic carbocycles. The number of rotatable bonds is 4. The first kappa shape index (κ1) is 17.3. The van der Waals surface area contributed by atoms with Crippen LogP contribution < -0.4 is 10.2 Å². The van der Waals surface area contributed by atoms with Crippen molar-refractivity contribution in [2.24, 2.45) is 0 Å². The van der Waals surface area contributed by atoms with E-state index in [2.05, 4.69) is 20.3 Å². The summed E-state index contributed by atoms with van der Waals surface area (Å²) in [5, 5.41) is 4.60. The molecule has 1 aliphatic rings. The maximum absolute atomic E-state index is 12.8. The molecule has 1 saturated heterocycles. The monoisotopic (exact) mass is 364 g/mol. The molecule has 0 bridgehead atoms. The second-order valence-corrected chi connectivity index (χ2v) is 7.15. The van der Waals surface area contributed by atoms with E-state index in [9.17, 15) is 4.79 Å². The van der Waals surface area contributed by atoms with Crippen molar-refractivity contribution < 1.29 is 4.79 Å². The SMILES string of the molecule is CN(C)c1cc(NC2CCN(C(=O)c3ccc4cc[nH]c4c3)CC2)ncn1. The predicted molar refractivity (Wildman–Crippen MR) is 107 cm³/mol. The first-order valence-electron chi connectivity index (χ1n) is 9.22. The third-order valence-electron chi connectivity index (χ3n) is 5.05. The van der Waals surface area contributed by atoms with Gasteiger partial charge in [0, 0.05) is 56.6 Å². The molecule has 0 spiro atoms. The van der Waals surface area contributed by atoms with Crippen molar-refractivity contribution in [1.82, 2.24) is 19.9 Å². The van der Waals surface area contributed by atoms with Gasteiger partial charge >= 0.3 is 0 Å². The van der Waals surface area contributed by atoms with Crippen LogP contribution in [0.3, 0.4) is 0 Å². The Hall–Kier alpha value is -3.09. The fourth-order valence-electron chi connectivity index (χ4n) is 3.47. The Labute approximate surface area is 158 Å². The summed E-state index contributed by atoms with van der Waals surface area (Å²) in [5.41, 5.74) is 1.74. The van der Waals surface area contributed by atoms with Crippen LogP contribution in [0, 0.1) is 0 Å². The van der Waals surface area contributed by atoms with Crippen LogP contribution in [0.1, 0.15) is 23.2 Å². The maximum atomic E-state index is 12.8. The van der Waals surface area contributed by atoms with Crippen LogP contribution in [0.25, 0.3) is 10.9 Å². The molecule has 4 rings (SSSR count). The Bertz CT molecular complexity index is 942. The summed E-state index contributed by atoms with van der Waals surface area (Å²) in [7, 11) is 3.92. The Kier molecular flexibility index (Phi) is 4.66. The van der Waals surface area contributed by atoms with Gasteiger partial charge in [-0.05, 0) is 36.4 Å². The lowest BCUT2D eigenvalue weighted by molar-refractivity contribution is 0.0718. The highest BCUT2D eigenvalue weighted by Crippen LogP contribution is 2.20. The maximum Gasteiger partial charge on any atom is 0.253 e. The van der Waals surface area contributed by atoms with Gasteiger partial charge in [-0.1, -0.05) is 6.07 Å². The van der Waals surface area contributed by atoms with Crippen molar-refractivity contribution in [3.8, 4) is 0 Å². The van der Waals surface area contributed by atoms with Gasteiger partial charge in [-0.15, -0.1) is 0 Å². The second kappa shape index (κ2) is 7.26. The minimum Gasteiger partial charge on any atom is -0.367 e. The molecule has 7 nitrogen and oxygen atoms in total. The summed E-state index contributed by atoms with van der Waals surface area (Å²) in [6, 6.07) is 10.1. The summed E-state index contributed by atoms with van der Waals surface area (Å²) in [4.78, 5) is 28.4. The molecule has 1 amide bonds. The van der Waals surface area contributed by atoms with Crippen molar-refractivity contribution in [3.05, 3.63) is 48.4 Å². The molecule has 0 radical (unpaired) electrons. The fraction of sp³-hybridized carbons (Fsp3) is 0.350. The van der Waals surface area contributed by atoms with Crippen LogP contribution in [0.5, 0.6) is 0 Å². The molecular formula is C20H24N6O. The van der Waals surface area contributed by atoms with Crippen LogP contribution in [0.2, 0.25) is 0 Å². The average Bonchev–Trinajstić information content (AvgIpc) is 3.16. The van der Waals surface area contributed by atoms with E-state index in [1.807, 2.05) is 60.4 Å². The summed E-state index contributed by atoms with van der Waals surface area (Å²) in [5.74, 6) is 1.80. The Morgan fingerprint density at radius 3 is 2.78 bits per heavy atom. The molecule has 27 heavy (non-hydrogen) atoms. The van der Waals surface area contributed by atoms with Crippen LogP contribution in [0.4, 0.5) is 11.6 Å². The van der Waals surface area contributed by atoms with Crippen LogP contribution in [-0.4, -0.2) is 59.0 Å². The Morgan fingerprint density at radius 2 is 2.00 bits per heavy atom. The molecule has 0 unspecified atom stereocenters. The first-order chi connectivity index (χ1) is 13.1. The molecule has 0 aliphatic carbocycles. The lowest BCUT2D eigenvalue weighted by atomic mass is 10.0. The number of fused-ring (bicyclic) bond motifs is 1. The van der Waals surface area contributed by atoms with Crippen LogP contribution in [0.15, 0.2) is 42.9 Å². The molecule has 1 fully saturated rings. The van der Waals surface area contributed by atoms with Gasteiger partial charge in [0.15, 0.2) is 0 Å². The van der Waals surface area contributed by atoms with E-state index >= 15 is 0 Å². The number of hydrogen-bond acceptors (Lipinski definition) is 5. The van der Waals surface area contributed by atoms with Gasteiger partial charge in [0.25, 0.3) is 5.91 Å². The number of aromatic nitrogens is 3. The molecule has 2 N–H and O–H groups in total. The zero-order valence-corrected chi connectivity index (χ0v) is 15.6. The molecule has 7 heteroatoms. The summed E-state index contributed by atoms with van der Waals surface area (Å²) in [6.45, 7) is 1.48. The molecule has 2 aromatic heterocycles. The number of H-pyrrole nitrogens is 1. The predicted octanol–water partition coefficient (Wildman–Crippen LogP) is 2.74. The van der Waals surface area contributed by atoms with Crippen LogP contribution >= 0.6 is 0 Å². The lowest BCUT2D eigenvalue weighted by Crippen LogP contribution is -2.42. The number of carbonyl (C=O) groups is 1. The van der Waals surface area contributed by atoms with Gasteiger partial charge in [-0.25, -0.2) is 9.97 Å². The van der Waals surface area contributed by atoms with E-state index in [1.165, 1.54) is 0 Å². The number of nitrogens with zero attached hydrogens (tertiary/aromatic N) is 4. The number of hydrogen-bond donors (Lipinski definition) is 2. The Morgan fingerprint density at radius 1 is 1.19 bits per heavy atom. The largest absolute Gasteiger partial charge is 0.367 e. The minimum absolute atomic E-state index is 0.0990. The molecule has 3 aromatic rings. The number of aromatic amines is 1. The number of piperidine rings is 1. The molecular weight excluding hydrogens is 340 g/mol. The van der Waals surface area contributed by atoms with E-state index in [1.54, 1.807) is 6.33 Å². The number of anilines is 2. The minimum atomic E-state index is 0.0990. The number of benzene rings is 1. The van der Waals surface area contributed by atoms with Gasteiger partial charge in [-0.3, -0.25) is 4.79 Å². The lowest BCUT2D eigenvalue weighted by Gasteiger charge is -2.32. The van der Waals surface area contributed by atoms with E-state index in [0.29, 0.717) is 6.04 Å². The van der Waals surface area contributed by atoms with Gasteiger partial charge in [0.2, 0.25) is 0 Å². The second-order valence-electron chi connectivity index (χ2n) is 7.15. The number of amides is 1. The molecule has 0 atom stereocenters. The highest BCUT2D eigenvalue weighted by Gasteiger charge is 2.24. The fourth-order valence-corrected chi connectivity index (χ4v) is 3.47. The van der Waals surface area contributed by atoms with E-state index in [4.69, 9.17) is 0 Å². The third kappa shape index (κ3) is 3.72. The summed E-state index contributed by atoms with van der Waals surface area (Å²) < 4.78 is 0. The summed E-state index contributed by atoms with van der Waals surface area (Å²) in [6.07, 6.45) is 5.27. The van der Waals surface area contributed by atoms with Crippen molar-refractivity contribution in [2.45, 2.75) is 18.9 Å². The molecule has 3 heterocycles.